The maximum atomic E-state index is 12.4. The Kier molecular flexibility index (Phi) is 6.71. The number of aromatic nitrogens is 1. The van der Waals surface area contributed by atoms with Crippen molar-refractivity contribution in [1.29, 1.82) is 0 Å². The molecule has 1 heterocycles. The highest BCUT2D eigenvalue weighted by atomic mass is 32.2. The van der Waals surface area contributed by atoms with Crippen LogP contribution in [0.25, 0.3) is 0 Å². The van der Waals surface area contributed by atoms with Crippen molar-refractivity contribution in [2.24, 2.45) is 5.73 Å². The molecule has 1 aromatic heterocycles. The van der Waals surface area contributed by atoms with Crippen LogP contribution in [0.5, 0.6) is 5.75 Å². The van der Waals surface area contributed by atoms with Gasteiger partial charge in [-0.15, -0.1) is 11.3 Å². The number of anilines is 1. The van der Waals surface area contributed by atoms with Gasteiger partial charge >= 0.3 is 6.61 Å². The minimum absolute atomic E-state index is 0.0337. The maximum absolute atomic E-state index is 12.4. The number of rotatable bonds is 8. The number of carbonyl (C=O) groups is 2. The van der Waals surface area contributed by atoms with E-state index in [1.54, 1.807) is 13.0 Å². The van der Waals surface area contributed by atoms with E-state index in [9.17, 15) is 18.4 Å². The number of benzene rings is 1. The van der Waals surface area contributed by atoms with Crippen LogP contribution in [-0.2, 0) is 16.0 Å². The second-order valence-corrected chi connectivity index (χ2v) is 7.15. The van der Waals surface area contributed by atoms with Gasteiger partial charge in [0.05, 0.1) is 23.6 Å². The zero-order valence-electron chi connectivity index (χ0n) is 13.1. The summed E-state index contributed by atoms with van der Waals surface area (Å²) in [5.74, 6) is -0.910. The van der Waals surface area contributed by atoms with Crippen LogP contribution in [0, 0.1) is 6.92 Å². The van der Waals surface area contributed by atoms with Gasteiger partial charge in [-0.05, 0) is 19.1 Å². The minimum Gasteiger partial charge on any atom is -0.433 e. The highest BCUT2D eigenvalue weighted by Gasteiger charge is 2.14. The molecule has 0 bridgehead atoms. The second-order valence-electron chi connectivity index (χ2n) is 4.84. The van der Waals surface area contributed by atoms with E-state index in [0.717, 1.165) is 4.88 Å². The van der Waals surface area contributed by atoms with Gasteiger partial charge in [-0.1, -0.05) is 23.9 Å². The van der Waals surface area contributed by atoms with Crippen molar-refractivity contribution < 1.29 is 23.1 Å². The van der Waals surface area contributed by atoms with E-state index in [4.69, 9.17) is 5.73 Å². The van der Waals surface area contributed by atoms with E-state index in [1.807, 2.05) is 0 Å². The highest BCUT2D eigenvalue weighted by molar-refractivity contribution is 8.01. The lowest BCUT2D eigenvalue weighted by atomic mass is 10.3. The second kappa shape index (κ2) is 8.77. The number of aryl methyl sites for hydroxylation is 1. The maximum Gasteiger partial charge on any atom is 0.387 e. The van der Waals surface area contributed by atoms with E-state index in [1.165, 1.54) is 41.3 Å². The molecule has 134 valence electrons. The number of amides is 2. The fourth-order valence-corrected chi connectivity index (χ4v) is 3.91. The summed E-state index contributed by atoms with van der Waals surface area (Å²) in [4.78, 5) is 28.0. The normalized spacial score (nSPS) is 10.7. The van der Waals surface area contributed by atoms with Crippen LogP contribution < -0.4 is 15.8 Å². The number of thiazole rings is 1. The molecule has 0 aliphatic rings. The third-order valence-electron chi connectivity index (χ3n) is 2.91. The monoisotopic (exact) mass is 387 g/mol. The SMILES string of the molecule is Cc1nc(SCC(=O)Nc2ccccc2OC(F)F)sc1CC(N)=O. The zero-order valence-corrected chi connectivity index (χ0v) is 14.8. The summed E-state index contributed by atoms with van der Waals surface area (Å²) in [7, 11) is 0. The number of hydrogen-bond donors (Lipinski definition) is 2. The standard InChI is InChI=1S/C15H15F2N3O3S2/c1-8-11(6-12(18)21)25-15(19-8)24-7-13(22)20-9-4-2-3-5-10(9)23-14(16)17/h2-5,14H,6-7H2,1H3,(H2,18,21)(H,20,22). The lowest BCUT2D eigenvalue weighted by molar-refractivity contribution is -0.117. The highest BCUT2D eigenvalue weighted by Crippen LogP contribution is 2.29. The van der Waals surface area contributed by atoms with E-state index in [2.05, 4.69) is 15.0 Å². The number of thioether (sulfide) groups is 1. The number of para-hydroxylation sites is 2. The van der Waals surface area contributed by atoms with Crippen molar-refractivity contribution in [1.82, 2.24) is 4.98 Å². The average Bonchev–Trinajstić information content (AvgIpc) is 2.86. The summed E-state index contributed by atoms with van der Waals surface area (Å²) in [6.07, 6.45) is 0.106. The number of primary amides is 1. The van der Waals surface area contributed by atoms with Gasteiger partial charge in [0, 0.05) is 4.88 Å². The number of nitrogens with one attached hydrogen (secondary N) is 1. The zero-order chi connectivity index (χ0) is 18.4. The van der Waals surface area contributed by atoms with E-state index in [-0.39, 0.29) is 29.5 Å². The Labute approximate surface area is 150 Å². The predicted molar refractivity (Wildman–Crippen MR) is 92.2 cm³/mol. The summed E-state index contributed by atoms with van der Waals surface area (Å²) >= 11 is 2.48. The Morgan fingerprint density at radius 2 is 2.12 bits per heavy atom. The summed E-state index contributed by atoms with van der Waals surface area (Å²) in [6.45, 7) is -1.22. The fraction of sp³-hybridized carbons (Fsp3) is 0.267. The first-order chi connectivity index (χ1) is 11.8. The predicted octanol–water partition coefficient (Wildman–Crippen LogP) is 2.81. The van der Waals surface area contributed by atoms with Gasteiger partial charge in [-0.3, -0.25) is 9.59 Å². The lowest BCUT2D eigenvalue weighted by Crippen LogP contribution is -2.15. The Balaban J connectivity index is 1.94. The van der Waals surface area contributed by atoms with Crippen molar-refractivity contribution in [2.75, 3.05) is 11.1 Å². The van der Waals surface area contributed by atoms with E-state index < -0.39 is 12.5 Å². The van der Waals surface area contributed by atoms with Crippen LogP contribution in [0.15, 0.2) is 28.6 Å². The van der Waals surface area contributed by atoms with Crippen LogP contribution in [0.2, 0.25) is 0 Å². The first-order valence-corrected chi connectivity index (χ1v) is 8.86. The van der Waals surface area contributed by atoms with Crippen LogP contribution in [0.1, 0.15) is 10.6 Å². The van der Waals surface area contributed by atoms with Crippen LogP contribution >= 0.6 is 23.1 Å². The third kappa shape index (κ3) is 5.98. The number of carbonyl (C=O) groups excluding carboxylic acids is 2. The first-order valence-electron chi connectivity index (χ1n) is 7.06. The van der Waals surface area contributed by atoms with Crippen molar-refractivity contribution in [3.63, 3.8) is 0 Å². The van der Waals surface area contributed by atoms with Crippen molar-refractivity contribution in [3.05, 3.63) is 34.8 Å². The van der Waals surface area contributed by atoms with Crippen molar-refractivity contribution in [3.8, 4) is 5.75 Å². The number of ether oxygens (including phenoxy) is 1. The topological polar surface area (TPSA) is 94.3 Å². The summed E-state index contributed by atoms with van der Waals surface area (Å²) < 4.78 is 29.7. The molecule has 2 amide bonds. The van der Waals surface area contributed by atoms with Gasteiger partial charge in [-0.2, -0.15) is 8.78 Å². The molecule has 0 fully saturated rings. The summed E-state index contributed by atoms with van der Waals surface area (Å²) in [6, 6.07) is 5.94. The Morgan fingerprint density at radius 1 is 1.40 bits per heavy atom. The van der Waals surface area contributed by atoms with E-state index >= 15 is 0 Å². The molecule has 0 aliphatic heterocycles. The van der Waals surface area contributed by atoms with Gasteiger partial charge in [0.25, 0.3) is 0 Å². The van der Waals surface area contributed by atoms with Gasteiger partial charge in [0.1, 0.15) is 5.75 Å². The number of halogens is 2. The molecule has 2 aromatic rings. The van der Waals surface area contributed by atoms with Crippen molar-refractivity contribution >= 4 is 40.6 Å². The molecular formula is C15H15F2N3O3S2. The molecule has 0 atom stereocenters. The summed E-state index contributed by atoms with van der Waals surface area (Å²) in [5.41, 5.74) is 6.02. The number of hydrogen-bond acceptors (Lipinski definition) is 6. The molecule has 0 radical (unpaired) electrons. The van der Waals surface area contributed by atoms with Gasteiger partial charge in [0.15, 0.2) is 4.34 Å². The lowest BCUT2D eigenvalue weighted by Gasteiger charge is -2.11. The molecule has 2 rings (SSSR count). The van der Waals surface area contributed by atoms with E-state index in [0.29, 0.717) is 10.0 Å². The Morgan fingerprint density at radius 3 is 2.80 bits per heavy atom. The first kappa shape index (κ1) is 19.1. The molecular weight excluding hydrogens is 372 g/mol. The molecule has 6 nitrogen and oxygen atoms in total. The molecule has 0 unspecified atom stereocenters. The fourth-order valence-electron chi connectivity index (χ4n) is 1.87. The molecule has 1 aromatic carbocycles. The van der Waals surface area contributed by atoms with Crippen molar-refractivity contribution in [2.45, 2.75) is 24.3 Å². The quantitative estimate of drug-likeness (QED) is 0.679. The summed E-state index contributed by atoms with van der Waals surface area (Å²) in [5, 5.41) is 2.52. The Hall–Kier alpha value is -2.20. The van der Waals surface area contributed by atoms with Gasteiger partial charge in [-0.25, -0.2) is 4.98 Å². The molecule has 0 spiro atoms. The smallest absolute Gasteiger partial charge is 0.387 e. The molecule has 25 heavy (non-hydrogen) atoms. The van der Waals surface area contributed by atoms with Gasteiger partial charge in [0.2, 0.25) is 11.8 Å². The molecule has 0 aliphatic carbocycles. The number of nitrogens with two attached hydrogens (primary N) is 1. The molecule has 0 saturated heterocycles. The third-order valence-corrected chi connectivity index (χ3v) is 5.21. The van der Waals surface area contributed by atoms with Crippen LogP contribution in [-0.4, -0.2) is 29.2 Å². The Bertz CT molecular complexity index is 768. The van der Waals surface area contributed by atoms with Crippen LogP contribution in [0.4, 0.5) is 14.5 Å². The average molecular weight is 387 g/mol. The van der Waals surface area contributed by atoms with Gasteiger partial charge < -0.3 is 15.8 Å². The van der Waals surface area contributed by atoms with Crippen LogP contribution in [0.3, 0.4) is 0 Å². The molecule has 10 heteroatoms. The largest absolute Gasteiger partial charge is 0.433 e. The minimum atomic E-state index is -2.98. The molecule has 0 saturated carbocycles. The number of alkyl halides is 2. The molecule has 3 N–H and O–H groups in total. The number of nitrogens with zero attached hydrogens (tertiary/aromatic N) is 1.